The molecule has 1 aromatic heterocycles. The first kappa shape index (κ1) is 11.1. The van der Waals surface area contributed by atoms with Crippen LogP contribution in [0.15, 0.2) is 36.4 Å². The lowest BCUT2D eigenvalue weighted by Crippen LogP contribution is -2.07. The van der Waals surface area contributed by atoms with E-state index in [1.807, 2.05) is 6.07 Å². The second kappa shape index (κ2) is 4.25. The van der Waals surface area contributed by atoms with Crippen LogP contribution < -0.4 is 0 Å². The van der Waals surface area contributed by atoms with Crippen LogP contribution in [-0.2, 0) is 6.42 Å². The maximum Gasteiger partial charge on any atom is 0.0705 e. The largest absolute Gasteiger partial charge is 0.253 e. The molecule has 0 saturated carbocycles. The smallest absolute Gasteiger partial charge is 0.0705 e. The van der Waals surface area contributed by atoms with Gasteiger partial charge < -0.3 is 0 Å². The zero-order valence-electron chi connectivity index (χ0n) is 10.3. The monoisotopic (exact) mass is 213 g/mol. The molecule has 0 atom stereocenters. The number of nitrogens with zero attached hydrogens (tertiary/aromatic N) is 1. The molecule has 1 heterocycles. The molecule has 2 rings (SSSR count). The highest BCUT2D eigenvalue weighted by Crippen LogP contribution is 2.21. The number of hydrogen-bond donors (Lipinski definition) is 0. The molecule has 0 unspecified atom stereocenters. The van der Waals surface area contributed by atoms with E-state index in [0.717, 1.165) is 11.9 Å². The average molecular weight is 213 g/mol. The second-order valence-electron chi connectivity index (χ2n) is 5.56. The third-order valence-corrected chi connectivity index (χ3v) is 2.79. The third kappa shape index (κ3) is 2.82. The predicted octanol–water partition coefficient (Wildman–Crippen LogP) is 4.21. The van der Waals surface area contributed by atoms with Crippen molar-refractivity contribution in [1.82, 2.24) is 4.98 Å². The van der Waals surface area contributed by atoms with E-state index < -0.39 is 0 Å². The van der Waals surface area contributed by atoms with Crippen molar-refractivity contribution in [2.45, 2.75) is 33.6 Å². The topological polar surface area (TPSA) is 12.9 Å². The summed E-state index contributed by atoms with van der Waals surface area (Å²) in [6.07, 6.45) is 2.24. The van der Waals surface area contributed by atoms with E-state index in [0.29, 0.717) is 5.41 Å². The Morgan fingerprint density at radius 1 is 1.00 bits per heavy atom. The predicted molar refractivity (Wildman–Crippen MR) is 69.5 cm³/mol. The minimum Gasteiger partial charge on any atom is -0.253 e. The van der Waals surface area contributed by atoms with Gasteiger partial charge in [0.2, 0.25) is 0 Å². The van der Waals surface area contributed by atoms with Crippen LogP contribution in [-0.4, -0.2) is 4.98 Å². The Balaban J connectivity index is 2.20. The number of rotatable bonds is 2. The molecule has 1 heteroatoms. The fraction of sp³-hybridized carbons (Fsp3) is 0.400. The molecule has 16 heavy (non-hydrogen) atoms. The van der Waals surface area contributed by atoms with Crippen molar-refractivity contribution in [3.63, 3.8) is 0 Å². The van der Waals surface area contributed by atoms with Crippen LogP contribution in [0.4, 0.5) is 0 Å². The van der Waals surface area contributed by atoms with E-state index >= 15 is 0 Å². The molecule has 2 aromatic rings. The quantitative estimate of drug-likeness (QED) is 0.728. The third-order valence-electron chi connectivity index (χ3n) is 2.79. The van der Waals surface area contributed by atoms with Gasteiger partial charge in [-0.25, -0.2) is 0 Å². The van der Waals surface area contributed by atoms with Crippen molar-refractivity contribution < 1.29 is 0 Å². The Hall–Kier alpha value is -1.37. The Morgan fingerprint density at radius 2 is 1.75 bits per heavy atom. The van der Waals surface area contributed by atoms with Crippen LogP contribution in [0.25, 0.3) is 10.9 Å². The summed E-state index contributed by atoms with van der Waals surface area (Å²) in [7, 11) is 0. The molecule has 0 aliphatic carbocycles. The first-order chi connectivity index (χ1) is 7.54. The zero-order chi connectivity index (χ0) is 11.6. The number of hydrogen-bond acceptors (Lipinski definition) is 1. The molecule has 0 aliphatic rings. The molecule has 0 radical (unpaired) electrons. The van der Waals surface area contributed by atoms with E-state index in [9.17, 15) is 0 Å². The van der Waals surface area contributed by atoms with Gasteiger partial charge >= 0.3 is 0 Å². The second-order valence-corrected chi connectivity index (χ2v) is 5.56. The molecular weight excluding hydrogens is 194 g/mol. The van der Waals surface area contributed by atoms with Crippen molar-refractivity contribution in [2.24, 2.45) is 5.41 Å². The Morgan fingerprint density at radius 3 is 2.50 bits per heavy atom. The molecule has 0 fully saturated rings. The minimum absolute atomic E-state index is 0.382. The maximum absolute atomic E-state index is 4.68. The SMILES string of the molecule is CC(C)(C)CCc1ccc2ccccc2n1. The molecular formula is C15H19N. The lowest BCUT2D eigenvalue weighted by molar-refractivity contribution is 0.376. The summed E-state index contributed by atoms with van der Waals surface area (Å²) >= 11 is 0. The summed E-state index contributed by atoms with van der Waals surface area (Å²) in [4.78, 5) is 4.68. The first-order valence-electron chi connectivity index (χ1n) is 5.89. The van der Waals surface area contributed by atoms with Gasteiger partial charge in [-0.2, -0.15) is 0 Å². The summed E-state index contributed by atoms with van der Waals surface area (Å²) in [6, 6.07) is 12.6. The number of aryl methyl sites for hydroxylation is 1. The van der Waals surface area contributed by atoms with Crippen LogP contribution in [0.3, 0.4) is 0 Å². The van der Waals surface area contributed by atoms with Gasteiger partial charge in [0.15, 0.2) is 0 Å². The molecule has 0 N–H and O–H groups in total. The van der Waals surface area contributed by atoms with E-state index in [1.54, 1.807) is 0 Å². The molecule has 0 aliphatic heterocycles. The highest BCUT2D eigenvalue weighted by molar-refractivity contribution is 5.78. The van der Waals surface area contributed by atoms with Gasteiger partial charge in [0.05, 0.1) is 5.52 Å². The summed E-state index contributed by atoms with van der Waals surface area (Å²) in [5, 5.41) is 1.22. The molecule has 0 amide bonds. The van der Waals surface area contributed by atoms with Crippen LogP contribution >= 0.6 is 0 Å². The van der Waals surface area contributed by atoms with Gasteiger partial charge in [-0.05, 0) is 30.4 Å². The number of aromatic nitrogens is 1. The summed E-state index contributed by atoms with van der Waals surface area (Å²) < 4.78 is 0. The van der Waals surface area contributed by atoms with Crippen LogP contribution in [0.5, 0.6) is 0 Å². The van der Waals surface area contributed by atoms with Gasteiger partial charge in [0, 0.05) is 11.1 Å². The van der Waals surface area contributed by atoms with Crippen molar-refractivity contribution in [3.8, 4) is 0 Å². The van der Waals surface area contributed by atoms with Crippen molar-refractivity contribution in [2.75, 3.05) is 0 Å². The summed E-state index contributed by atoms with van der Waals surface area (Å²) in [6.45, 7) is 6.82. The standard InChI is InChI=1S/C15H19N/c1-15(2,3)11-10-13-9-8-12-6-4-5-7-14(12)16-13/h4-9H,10-11H2,1-3H3. The minimum atomic E-state index is 0.382. The van der Waals surface area contributed by atoms with Crippen molar-refractivity contribution >= 4 is 10.9 Å². The average Bonchev–Trinajstić information content (AvgIpc) is 2.25. The van der Waals surface area contributed by atoms with E-state index in [4.69, 9.17) is 0 Å². The van der Waals surface area contributed by atoms with E-state index in [-0.39, 0.29) is 0 Å². The molecule has 1 aromatic carbocycles. The van der Waals surface area contributed by atoms with E-state index in [2.05, 4.69) is 56.1 Å². The summed E-state index contributed by atoms with van der Waals surface area (Å²) in [5.41, 5.74) is 2.69. The highest BCUT2D eigenvalue weighted by Gasteiger charge is 2.10. The zero-order valence-corrected chi connectivity index (χ0v) is 10.3. The number of fused-ring (bicyclic) bond motifs is 1. The number of para-hydroxylation sites is 1. The Labute approximate surface area is 97.5 Å². The van der Waals surface area contributed by atoms with Gasteiger partial charge in [-0.1, -0.05) is 45.0 Å². The maximum atomic E-state index is 4.68. The van der Waals surface area contributed by atoms with Gasteiger partial charge in [-0.3, -0.25) is 4.98 Å². The highest BCUT2D eigenvalue weighted by atomic mass is 14.7. The number of benzene rings is 1. The molecule has 84 valence electrons. The first-order valence-corrected chi connectivity index (χ1v) is 5.89. The van der Waals surface area contributed by atoms with Crippen molar-refractivity contribution in [1.29, 1.82) is 0 Å². The summed E-state index contributed by atoms with van der Waals surface area (Å²) in [5.74, 6) is 0. The van der Waals surface area contributed by atoms with Crippen LogP contribution in [0.2, 0.25) is 0 Å². The van der Waals surface area contributed by atoms with Crippen LogP contribution in [0, 0.1) is 5.41 Å². The normalized spacial score (nSPS) is 11.9. The Bertz CT molecular complexity index is 480. The fourth-order valence-electron chi connectivity index (χ4n) is 1.75. The number of pyridine rings is 1. The lowest BCUT2D eigenvalue weighted by atomic mass is 9.90. The Kier molecular flexibility index (Phi) is 2.95. The molecule has 1 nitrogen and oxygen atoms in total. The van der Waals surface area contributed by atoms with Gasteiger partial charge in [0.25, 0.3) is 0 Å². The molecule has 0 saturated heterocycles. The van der Waals surface area contributed by atoms with Crippen LogP contribution in [0.1, 0.15) is 32.9 Å². The van der Waals surface area contributed by atoms with Crippen molar-refractivity contribution in [3.05, 3.63) is 42.1 Å². The molecule has 0 spiro atoms. The lowest BCUT2D eigenvalue weighted by Gasteiger charge is -2.17. The molecule has 0 bridgehead atoms. The van der Waals surface area contributed by atoms with Gasteiger partial charge in [0.1, 0.15) is 0 Å². The van der Waals surface area contributed by atoms with E-state index in [1.165, 1.54) is 17.5 Å². The fourth-order valence-corrected chi connectivity index (χ4v) is 1.75. The van der Waals surface area contributed by atoms with Gasteiger partial charge in [-0.15, -0.1) is 0 Å².